The third-order valence-electron chi connectivity index (χ3n) is 3.45. The van der Waals surface area contributed by atoms with Crippen LogP contribution in [0.2, 0.25) is 15.1 Å². The van der Waals surface area contributed by atoms with Crippen molar-refractivity contribution in [1.29, 1.82) is 0 Å². The van der Waals surface area contributed by atoms with Crippen LogP contribution in [0.1, 0.15) is 22.8 Å². The summed E-state index contributed by atoms with van der Waals surface area (Å²) in [6.07, 6.45) is 0. The van der Waals surface area contributed by atoms with Crippen LogP contribution in [0.4, 0.5) is 5.13 Å². The highest BCUT2D eigenvalue weighted by Gasteiger charge is 2.16. The molecule has 0 aliphatic carbocycles. The fourth-order valence-corrected chi connectivity index (χ4v) is 4.61. The summed E-state index contributed by atoms with van der Waals surface area (Å²) in [5.41, 5.74) is 1.43. The molecule has 0 bridgehead atoms. The average molecular weight is 475 g/mol. The highest BCUT2D eigenvalue weighted by atomic mass is 35.5. The van der Waals surface area contributed by atoms with E-state index in [2.05, 4.69) is 15.5 Å². The highest BCUT2D eigenvalue weighted by Crippen LogP contribution is 2.35. The largest absolute Gasteiger partial charge is 0.491 e. The molecule has 0 spiro atoms. The van der Waals surface area contributed by atoms with Gasteiger partial charge in [0, 0.05) is 16.3 Å². The number of thioether (sulfide) groups is 1. The second-order valence-electron chi connectivity index (χ2n) is 5.44. The van der Waals surface area contributed by atoms with Crippen molar-refractivity contribution in [2.24, 2.45) is 0 Å². The Hall–Kier alpha value is -1.51. The van der Waals surface area contributed by atoms with Crippen molar-refractivity contribution in [3.8, 4) is 5.75 Å². The number of hydrogen-bond acceptors (Lipinski definition) is 6. The molecule has 0 aliphatic rings. The Morgan fingerprint density at radius 3 is 2.46 bits per heavy atom. The van der Waals surface area contributed by atoms with Gasteiger partial charge in [-0.1, -0.05) is 70.0 Å². The SMILES string of the molecule is CCOc1c(Cl)cc(C(=O)Nc2nnc(SCc3ccc(Cl)cc3)s2)cc1Cl. The summed E-state index contributed by atoms with van der Waals surface area (Å²) in [5, 5.41) is 12.4. The zero-order valence-corrected chi connectivity index (χ0v) is 18.4. The fraction of sp³-hybridized carbons (Fsp3) is 0.167. The number of amides is 1. The lowest BCUT2D eigenvalue weighted by molar-refractivity contribution is 0.102. The molecule has 0 saturated carbocycles. The Kier molecular flexibility index (Phi) is 7.42. The first-order chi connectivity index (χ1) is 13.5. The van der Waals surface area contributed by atoms with Crippen molar-refractivity contribution >= 4 is 68.9 Å². The van der Waals surface area contributed by atoms with Crippen molar-refractivity contribution in [1.82, 2.24) is 10.2 Å². The maximum atomic E-state index is 12.5. The van der Waals surface area contributed by atoms with Gasteiger partial charge in [-0.05, 0) is 36.8 Å². The molecule has 146 valence electrons. The predicted molar refractivity (Wildman–Crippen MR) is 117 cm³/mol. The molecule has 3 rings (SSSR count). The quantitative estimate of drug-likeness (QED) is 0.315. The summed E-state index contributed by atoms with van der Waals surface area (Å²) in [6.45, 7) is 2.25. The zero-order chi connectivity index (χ0) is 20.1. The average Bonchev–Trinajstić information content (AvgIpc) is 3.11. The minimum Gasteiger partial charge on any atom is -0.491 e. The van der Waals surface area contributed by atoms with E-state index in [-0.39, 0.29) is 16.0 Å². The molecule has 3 aromatic rings. The van der Waals surface area contributed by atoms with Gasteiger partial charge in [0.15, 0.2) is 10.1 Å². The molecule has 10 heteroatoms. The number of aromatic nitrogens is 2. The summed E-state index contributed by atoms with van der Waals surface area (Å²) in [7, 11) is 0. The molecule has 0 unspecified atom stereocenters. The molecule has 1 amide bonds. The minimum atomic E-state index is -0.378. The van der Waals surface area contributed by atoms with Gasteiger partial charge in [-0.3, -0.25) is 10.1 Å². The maximum absolute atomic E-state index is 12.5. The predicted octanol–water partition coefficient (Wildman–Crippen LogP) is 6.44. The van der Waals surface area contributed by atoms with Crippen molar-refractivity contribution in [3.63, 3.8) is 0 Å². The lowest BCUT2D eigenvalue weighted by Gasteiger charge is -2.09. The monoisotopic (exact) mass is 473 g/mol. The lowest BCUT2D eigenvalue weighted by Crippen LogP contribution is -2.12. The van der Waals surface area contributed by atoms with E-state index < -0.39 is 0 Å². The van der Waals surface area contributed by atoms with E-state index in [1.54, 1.807) is 0 Å². The molecule has 28 heavy (non-hydrogen) atoms. The lowest BCUT2D eigenvalue weighted by atomic mass is 10.2. The van der Waals surface area contributed by atoms with Crippen molar-refractivity contribution in [3.05, 3.63) is 62.6 Å². The molecule has 1 heterocycles. The number of anilines is 1. The molecule has 2 aromatic carbocycles. The summed E-state index contributed by atoms with van der Waals surface area (Å²) in [5.74, 6) is 0.709. The number of nitrogens with zero attached hydrogens (tertiary/aromatic N) is 2. The van der Waals surface area contributed by atoms with Gasteiger partial charge >= 0.3 is 0 Å². The summed E-state index contributed by atoms with van der Waals surface area (Å²) >= 11 is 21.0. The van der Waals surface area contributed by atoms with Crippen LogP contribution in [0.25, 0.3) is 0 Å². The number of ether oxygens (including phenoxy) is 1. The number of carbonyl (C=O) groups excluding carboxylic acids is 1. The maximum Gasteiger partial charge on any atom is 0.257 e. The van der Waals surface area contributed by atoms with E-state index in [0.29, 0.717) is 28.1 Å². The number of benzene rings is 2. The molecule has 0 radical (unpaired) electrons. The molecule has 0 saturated heterocycles. The molecule has 5 nitrogen and oxygen atoms in total. The van der Waals surface area contributed by atoms with E-state index in [1.807, 2.05) is 31.2 Å². The van der Waals surface area contributed by atoms with Crippen molar-refractivity contribution < 1.29 is 9.53 Å². The molecule has 0 aliphatic heterocycles. The first-order valence-electron chi connectivity index (χ1n) is 8.10. The van der Waals surface area contributed by atoms with Gasteiger partial charge in [0.2, 0.25) is 5.13 Å². The summed E-state index contributed by atoms with van der Waals surface area (Å²) < 4.78 is 6.11. The zero-order valence-electron chi connectivity index (χ0n) is 14.5. The number of nitrogens with one attached hydrogen (secondary N) is 1. The van der Waals surface area contributed by atoms with Crippen LogP contribution in [-0.4, -0.2) is 22.7 Å². The van der Waals surface area contributed by atoms with E-state index in [9.17, 15) is 4.79 Å². The Morgan fingerprint density at radius 2 is 1.82 bits per heavy atom. The van der Waals surface area contributed by atoms with Crippen LogP contribution >= 0.6 is 57.9 Å². The van der Waals surface area contributed by atoms with Gasteiger partial charge in [0.1, 0.15) is 0 Å². The van der Waals surface area contributed by atoms with Crippen LogP contribution in [-0.2, 0) is 5.75 Å². The molecule has 0 atom stereocenters. The Labute approximate surface area is 185 Å². The van der Waals surface area contributed by atoms with Crippen LogP contribution in [0, 0.1) is 0 Å². The first-order valence-corrected chi connectivity index (χ1v) is 11.0. The van der Waals surface area contributed by atoms with Gasteiger partial charge in [0.25, 0.3) is 5.91 Å². The van der Waals surface area contributed by atoms with E-state index >= 15 is 0 Å². The highest BCUT2D eigenvalue weighted by molar-refractivity contribution is 8.00. The van der Waals surface area contributed by atoms with Crippen LogP contribution in [0.3, 0.4) is 0 Å². The number of carbonyl (C=O) groups is 1. The molecular weight excluding hydrogens is 461 g/mol. The van der Waals surface area contributed by atoms with Gasteiger partial charge in [0.05, 0.1) is 16.7 Å². The normalized spacial score (nSPS) is 10.7. The Bertz CT molecular complexity index is 957. The van der Waals surface area contributed by atoms with Crippen molar-refractivity contribution in [2.45, 2.75) is 17.0 Å². The molecular formula is C18H14Cl3N3O2S2. The molecule has 1 N–H and O–H groups in total. The number of halogens is 3. The van der Waals surface area contributed by atoms with Gasteiger partial charge in [-0.15, -0.1) is 10.2 Å². The third kappa shape index (κ3) is 5.52. The van der Waals surface area contributed by atoms with E-state index in [4.69, 9.17) is 39.5 Å². The fourth-order valence-electron chi connectivity index (χ4n) is 2.19. The summed E-state index contributed by atoms with van der Waals surface area (Å²) in [6, 6.07) is 10.6. The van der Waals surface area contributed by atoms with E-state index in [0.717, 1.165) is 15.7 Å². The number of hydrogen-bond donors (Lipinski definition) is 1. The molecule has 0 fully saturated rings. The topological polar surface area (TPSA) is 64.1 Å². The van der Waals surface area contributed by atoms with Gasteiger partial charge < -0.3 is 4.74 Å². The summed E-state index contributed by atoms with van der Waals surface area (Å²) in [4.78, 5) is 12.5. The van der Waals surface area contributed by atoms with Gasteiger partial charge in [-0.2, -0.15) is 0 Å². The van der Waals surface area contributed by atoms with Gasteiger partial charge in [-0.25, -0.2) is 0 Å². The molecule has 1 aromatic heterocycles. The number of rotatable bonds is 7. The first kappa shape index (κ1) is 21.2. The van der Waals surface area contributed by atoms with Crippen molar-refractivity contribution in [2.75, 3.05) is 11.9 Å². The Morgan fingerprint density at radius 1 is 1.14 bits per heavy atom. The van der Waals surface area contributed by atoms with Crippen LogP contribution in [0.15, 0.2) is 40.7 Å². The standard InChI is InChI=1S/C18H14Cl3N3O2S2/c1-2-26-15-13(20)7-11(8-14(15)21)16(25)22-17-23-24-18(28-17)27-9-10-3-5-12(19)6-4-10/h3-8H,2,9H2,1H3,(H,22,23,25). The van der Waals surface area contributed by atoms with Crippen LogP contribution in [0.5, 0.6) is 5.75 Å². The smallest absolute Gasteiger partial charge is 0.257 e. The third-order valence-corrected chi connectivity index (χ3v) is 6.31. The van der Waals surface area contributed by atoms with Crippen LogP contribution < -0.4 is 10.1 Å². The van der Waals surface area contributed by atoms with E-state index in [1.165, 1.54) is 35.2 Å². The minimum absolute atomic E-state index is 0.274. The second-order valence-corrected chi connectivity index (χ2v) is 8.90. The second kappa shape index (κ2) is 9.80. The Balaban J connectivity index is 1.63.